The third-order valence-electron chi connectivity index (χ3n) is 5.85. The zero-order chi connectivity index (χ0) is 22.3. The van der Waals surface area contributed by atoms with Gasteiger partial charge in [0, 0.05) is 29.4 Å². The molecule has 1 unspecified atom stereocenters. The van der Waals surface area contributed by atoms with E-state index in [9.17, 15) is 18.8 Å². The number of hydrogen-bond donors (Lipinski definition) is 2. The van der Waals surface area contributed by atoms with Crippen molar-refractivity contribution in [2.45, 2.75) is 38.0 Å². The predicted octanol–water partition coefficient (Wildman–Crippen LogP) is 3.43. The van der Waals surface area contributed by atoms with Crippen LogP contribution in [-0.4, -0.2) is 42.2 Å². The van der Waals surface area contributed by atoms with Crippen LogP contribution in [0.2, 0.25) is 5.02 Å². The molecule has 9 heteroatoms. The van der Waals surface area contributed by atoms with Crippen LogP contribution in [0, 0.1) is 23.1 Å². The van der Waals surface area contributed by atoms with Crippen LogP contribution in [0.1, 0.15) is 35.8 Å². The van der Waals surface area contributed by atoms with Crippen molar-refractivity contribution in [3.8, 4) is 17.2 Å². The van der Waals surface area contributed by atoms with Gasteiger partial charge in [-0.25, -0.2) is 13.8 Å². The molecule has 1 amide bonds. The van der Waals surface area contributed by atoms with Gasteiger partial charge in [0.15, 0.2) is 0 Å². The molecule has 2 heterocycles. The number of carbonyl (C=O) groups is 1. The Hall–Kier alpha value is -2.76. The average molecular weight is 446 g/mol. The lowest BCUT2D eigenvalue weighted by molar-refractivity contribution is 0.0936. The molecular formula is C22H22ClF2N5O. The highest BCUT2D eigenvalue weighted by Crippen LogP contribution is 2.39. The minimum atomic E-state index is -1.30. The molecule has 1 aliphatic carbocycles. The van der Waals surface area contributed by atoms with Gasteiger partial charge < -0.3 is 16.0 Å². The number of amides is 1. The first kappa shape index (κ1) is 21.5. The number of benzene rings is 1. The van der Waals surface area contributed by atoms with Gasteiger partial charge in [0.2, 0.25) is 0 Å². The number of anilines is 1. The van der Waals surface area contributed by atoms with Gasteiger partial charge >= 0.3 is 0 Å². The number of nitriles is 1. The van der Waals surface area contributed by atoms with E-state index in [0.29, 0.717) is 11.6 Å². The van der Waals surface area contributed by atoms with Crippen molar-refractivity contribution in [1.29, 1.82) is 5.26 Å². The van der Waals surface area contributed by atoms with E-state index >= 15 is 0 Å². The van der Waals surface area contributed by atoms with Gasteiger partial charge in [-0.2, -0.15) is 5.26 Å². The fourth-order valence-electron chi connectivity index (χ4n) is 4.02. The summed E-state index contributed by atoms with van der Waals surface area (Å²) in [6.45, 7) is 2.03. The molecule has 1 saturated heterocycles. The summed E-state index contributed by atoms with van der Waals surface area (Å²) in [5.74, 6) is -0.558. The Morgan fingerprint density at radius 2 is 2.13 bits per heavy atom. The molecule has 3 atom stereocenters. The van der Waals surface area contributed by atoms with E-state index in [1.807, 2.05) is 13.0 Å². The first-order chi connectivity index (χ1) is 14.8. The van der Waals surface area contributed by atoms with Gasteiger partial charge in [-0.05, 0) is 49.4 Å². The third-order valence-corrected chi connectivity index (χ3v) is 6.07. The van der Waals surface area contributed by atoms with Gasteiger partial charge in [-0.1, -0.05) is 11.6 Å². The third kappa shape index (κ3) is 4.34. The van der Waals surface area contributed by atoms with Crippen molar-refractivity contribution in [3.63, 3.8) is 0 Å². The monoisotopic (exact) mass is 445 g/mol. The Labute approximate surface area is 184 Å². The van der Waals surface area contributed by atoms with Crippen LogP contribution in [0.25, 0.3) is 11.1 Å². The molecule has 3 N–H and O–H groups in total. The molecule has 4 rings (SSSR count). The zero-order valence-electron chi connectivity index (χ0n) is 16.9. The zero-order valence-corrected chi connectivity index (χ0v) is 17.7. The number of nitrogens with two attached hydrogens (primary N) is 1. The summed E-state index contributed by atoms with van der Waals surface area (Å²) >= 11 is 6.05. The Kier molecular flexibility index (Phi) is 5.82. The molecule has 1 aromatic heterocycles. The summed E-state index contributed by atoms with van der Waals surface area (Å²) in [4.78, 5) is 18.9. The van der Waals surface area contributed by atoms with E-state index in [-0.39, 0.29) is 52.4 Å². The summed E-state index contributed by atoms with van der Waals surface area (Å²) in [6.07, 6.45) is 2.11. The summed E-state index contributed by atoms with van der Waals surface area (Å²) in [5, 5.41) is 12.8. The van der Waals surface area contributed by atoms with Crippen molar-refractivity contribution >= 4 is 23.2 Å². The summed E-state index contributed by atoms with van der Waals surface area (Å²) < 4.78 is 28.5. The van der Waals surface area contributed by atoms with E-state index in [1.165, 1.54) is 18.3 Å². The summed E-state index contributed by atoms with van der Waals surface area (Å²) in [5.41, 5.74) is 6.88. The lowest BCUT2D eigenvalue weighted by atomic mass is 9.97. The van der Waals surface area contributed by atoms with Crippen LogP contribution in [0.3, 0.4) is 0 Å². The highest BCUT2D eigenvalue weighted by Gasteiger charge is 2.36. The second-order valence-corrected chi connectivity index (χ2v) is 8.63. The van der Waals surface area contributed by atoms with Crippen LogP contribution in [0.5, 0.6) is 0 Å². The second kappa shape index (κ2) is 8.40. The summed E-state index contributed by atoms with van der Waals surface area (Å²) in [6, 6.07) is 5.06. The fraction of sp³-hybridized carbons (Fsp3) is 0.409. The molecule has 162 valence electrons. The highest BCUT2D eigenvalue weighted by molar-refractivity contribution is 6.31. The van der Waals surface area contributed by atoms with E-state index < -0.39 is 18.0 Å². The molecule has 6 nitrogen and oxygen atoms in total. The number of nitrogens with one attached hydrogen (secondary N) is 1. The topological polar surface area (TPSA) is 95.0 Å². The van der Waals surface area contributed by atoms with Crippen molar-refractivity contribution in [2.24, 2.45) is 11.7 Å². The van der Waals surface area contributed by atoms with Gasteiger partial charge in [0.05, 0.1) is 23.8 Å². The van der Waals surface area contributed by atoms with Crippen molar-refractivity contribution in [2.75, 3.05) is 18.0 Å². The van der Waals surface area contributed by atoms with E-state index in [4.69, 9.17) is 17.3 Å². The average Bonchev–Trinajstić information content (AvgIpc) is 3.51. The molecule has 2 fully saturated rings. The number of aromatic nitrogens is 1. The Balaban J connectivity index is 1.89. The number of halogens is 3. The number of hydrogen-bond acceptors (Lipinski definition) is 5. The number of carbonyl (C=O) groups excluding carboxylic acids is 1. The maximum absolute atomic E-state index is 14.3. The van der Waals surface area contributed by atoms with Crippen molar-refractivity contribution in [3.05, 3.63) is 46.5 Å². The maximum Gasteiger partial charge on any atom is 0.255 e. The van der Waals surface area contributed by atoms with E-state index in [2.05, 4.69) is 10.3 Å². The predicted molar refractivity (Wildman–Crippen MR) is 114 cm³/mol. The largest absolute Gasteiger partial charge is 0.366 e. The quantitative estimate of drug-likeness (QED) is 0.735. The Morgan fingerprint density at radius 1 is 1.39 bits per heavy atom. The van der Waals surface area contributed by atoms with Gasteiger partial charge in [-0.15, -0.1) is 0 Å². The van der Waals surface area contributed by atoms with Gasteiger partial charge in [-0.3, -0.25) is 4.79 Å². The van der Waals surface area contributed by atoms with Crippen LogP contribution in [0.15, 0.2) is 24.4 Å². The van der Waals surface area contributed by atoms with E-state index in [0.717, 1.165) is 18.9 Å². The summed E-state index contributed by atoms with van der Waals surface area (Å²) in [7, 11) is 0. The SMILES string of the molecule is CC(NC(=O)c1cnc(C#N)c(-c2cc(F)cc(Cl)c2)c1N1C[C@@H](N)[C@H](F)C1)C1CC1. The number of rotatable bonds is 5. The van der Waals surface area contributed by atoms with Crippen molar-refractivity contribution in [1.82, 2.24) is 10.3 Å². The first-order valence-electron chi connectivity index (χ1n) is 10.1. The highest BCUT2D eigenvalue weighted by atomic mass is 35.5. The molecule has 0 radical (unpaired) electrons. The van der Waals surface area contributed by atoms with Gasteiger partial charge in [0.1, 0.15) is 23.8 Å². The lowest BCUT2D eigenvalue weighted by Crippen LogP contribution is -2.36. The standard InChI is InChI=1S/C22H22ClF2N5O/c1-11(12-2-3-12)29-22(31)16-8-28-19(7-26)20(13-4-14(23)6-15(24)5-13)21(16)30-9-17(25)18(27)10-30/h4-6,8,11-12,17-18H,2-3,9-10,27H2,1H3,(H,29,31)/t11?,17-,18-/m1/s1. The van der Waals surface area contributed by atoms with Crippen LogP contribution in [0.4, 0.5) is 14.5 Å². The lowest BCUT2D eigenvalue weighted by Gasteiger charge is -2.26. The molecule has 31 heavy (non-hydrogen) atoms. The normalized spacial score (nSPS) is 21.6. The smallest absolute Gasteiger partial charge is 0.255 e. The molecule has 0 spiro atoms. The molecule has 2 aliphatic rings. The van der Waals surface area contributed by atoms with Crippen LogP contribution < -0.4 is 16.0 Å². The minimum absolute atomic E-state index is 0.0145. The van der Waals surface area contributed by atoms with Crippen LogP contribution >= 0.6 is 11.6 Å². The van der Waals surface area contributed by atoms with Gasteiger partial charge in [0.25, 0.3) is 5.91 Å². The number of alkyl halides is 1. The molecule has 2 aromatic rings. The van der Waals surface area contributed by atoms with E-state index in [1.54, 1.807) is 4.90 Å². The molecule has 0 bridgehead atoms. The minimum Gasteiger partial charge on any atom is -0.366 e. The molecule has 1 aromatic carbocycles. The Bertz CT molecular complexity index is 1040. The second-order valence-electron chi connectivity index (χ2n) is 8.20. The number of nitrogens with zero attached hydrogens (tertiary/aromatic N) is 3. The number of pyridine rings is 1. The maximum atomic E-state index is 14.3. The Morgan fingerprint density at radius 3 is 2.71 bits per heavy atom. The molecule has 1 saturated carbocycles. The van der Waals surface area contributed by atoms with Crippen LogP contribution in [-0.2, 0) is 0 Å². The molecule has 1 aliphatic heterocycles. The van der Waals surface area contributed by atoms with Crippen molar-refractivity contribution < 1.29 is 13.6 Å². The first-order valence-corrected chi connectivity index (χ1v) is 10.5. The fourth-order valence-corrected chi connectivity index (χ4v) is 4.24. The molecular weight excluding hydrogens is 424 g/mol.